The summed E-state index contributed by atoms with van der Waals surface area (Å²) in [4.78, 5) is 3.32. The van der Waals surface area contributed by atoms with Gasteiger partial charge in [0.25, 0.3) is 0 Å². The van der Waals surface area contributed by atoms with Crippen molar-refractivity contribution in [3.05, 3.63) is 21.4 Å². The van der Waals surface area contributed by atoms with Gasteiger partial charge in [0.1, 0.15) is 0 Å². The van der Waals surface area contributed by atoms with Crippen LogP contribution in [-0.2, 0) is 12.8 Å². The average Bonchev–Trinajstić information content (AvgIpc) is 3.07. The van der Waals surface area contributed by atoms with E-state index in [0.717, 1.165) is 5.92 Å². The molecule has 1 aromatic rings. The molecule has 1 atom stereocenters. The molecule has 0 aromatic carbocycles. The van der Waals surface area contributed by atoms with Gasteiger partial charge < -0.3 is 0 Å². The number of thiophene rings is 1. The fraction of sp³-hybridized carbons (Fsp3) is 0.862. The minimum atomic E-state index is 0.851. The Kier molecular flexibility index (Phi) is 17.9. The second-order valence-electron chi connectivity index (χ2n) is 9.97. The van der Waals surface area contributed by atoms with Crippen molar-refractivity contribution in [3.63, 3.8) is 0 Å². The fourth-order valence-corrected chi connectivity index (χ4v) is 5.99. The van der Waals surface area contributed by atoms with Crippen LogP contribution in [0.5, 0.6) is 0 Å². The van der Waals surface area contributed by atoms with E-state index in [4.69, 9.17) is 0 Å². The Bertz CT molecular complexity index is 487. The third kappa shape index (κ3) is 14.7. The van der Waals surface area contributed by atoms with E-state index in [0.29, 0.717) is 0 Å². The van der Waals surface area contributed by atoms with E-state index in [1.54, 1.807) is 15.3 Å². The molecule has 0 bridgehead atoms. The molecule has 0 N–H and O–H groups in total. The summed E-state index contributed by atoms with van der Waals surface area (Å²) in [6, 6.07) is 2.50. The SMILES string of the molecule is CCCCCCCCCCCCCc1sc(CC(C)CCCCCCCC)cc1C. The molecular formula is C29H54S. The van der Waals surface area contributed by atoms with Gasteiger partial charge in [-0.15, -0.1) is 11.3 Å². The fourth-order valence-electron chi connectivity index (χ4n) is 4.61. The van der Waals surface area contributed by atoms with Gasteiger partial charge in [0.2, 0.25) is 0 Å². The molecule has 0 saturated carbocycles. The van der Waals surface area contributed by atoms with Gasteiger partial charge in [0.05, 0.1) is 0 Å². The number of hydrogen-bond donors (Lipinski definition) is 0. The molecule has 0 amide bonds. The number of hydrogen-bond acceptors (Lipinski definition) is 1. The average molecular weight is 435 g/mol. The quantitative estimate of drug-likeness (QED) is 0.169. The van der Waals surface area contributed by atoms with E-state index in [-0.39, 0.29) is 0 Å². The maximum Gasteiger partial charge on any atom is 0.00773 e. The van der Waals surface area contributed by atoms with Crippen LogP contribution in [0.4, 0.5) is 0 Å². The third-order valence-corrected chi connectivity index (χ3v) is 8.00. The molecule has 30 heavy (non-hydrogen) atoms. The molecule has 1 rings (SSSR count). The summed E-state index contributed by atoms with van der Waals surface area (Å²) in [6.45, 7) is 9.41. The number of aryl methyl sites for hydroxylation is 2. The molecule has 0 saturated heterocycles. The molecule has 1 unspecified atom stereocenters. The lowest BCUT2D eigenvalue weighted by molar-refractivity contribution is 0.483. The zero-order valence-corrected chi connectivity index (χ0v) is 22.0. The van der Waals surface area contributed by atoms with Crippen LogP contribution in [0.2, 0.25) is 0 Å². The van der Waals surface area contributed by atoms with Gasteiger partial charge in [0, 0.05) is 9.75 Å². The molecule has 0 nitrogen and oxygen atoms in total. The molecule has 1 aromatic heterocycles. The van der Waals surface area contributed by atoms with Crippen molar-refractivity contribution < 1.29 is 0 Å². The highest BCUT2D eigenvalue weighted by atomic mass is 32.1. The van der Waals surface area contributed by atoms with Crippen molar-refractivity contribution in [2.45, 2.75) is 156 Å². The highest BCUT2D eigenvalue weighted by Crippen LogP contribution is 2.27. The largest absolute Gasteiger partial charge is 0.145 e. The Hall–Kier alpha value is -0.300. The van der Waals surface area contributed by atoms with Gasteiger partial charge in [0.15, 0.2) is 0 Å². The molecular weight excluding hydrogens is 380 g/mol. The van der Waals surface area contributed by atoms with E-state index in [9.17, 15) is 0 Å². The van der Waals surface area contributed by atoms with E-state index < -0.39 is 0 Å². The summed E-state index contributed by atoms with van der Waals surface area (Å²) >= 11 is 2.12. The van der Waals surface area contributed by atoms with Gasteiger partial charge in [-0.25, -0.2) is 0 Å². The number of rotatable bonds is 21. The Morgan fingerprint density at radius 2 is 1.13 bits per heavy atom. The second kappa shape index (κ2) is 19.4. The maximum absolute atomic E-state index is 2.50. The summed E-state index contributed by atoms with van der Waals surface area (Å²) in [7, 11) is 0. The molecule has 176 valence electrons. The summed E-state index contributed by atoms with van der Waals surface area (Å²) < 4.78 is 0. The Morgan fingerprint density at radius 3 is 1.67 bits per heavy atom. The van der Waals surface area contributed by atoms with Crippen LogP contribution in [0, 0.1) is 12.8 Å². The third-order valence-electron chi connectivity index (χ3n) is 6.68. The van der Waals surface area contributed by atoms with Crippen LogP contribution in [0.3, 0.4) is 0 Å². The maximum atomic E-state index is 2.50. The van der Waals surface area contributed by atoms with Gasteiger partial charge in [-0.1, -0.05) is 130 Å². The zero-order valence-electron chi connectivity index (χ0n) is 21.2. The molecule has 0 radical (unpaired) electrons. The Morgan fingerprint density at radius 1 is 0.667 bits per heavy atom. The molecule has 1 heteroatoms. The second-order valence-corrected chi connectivity index (χ2v) is 11.2. The summed E-state index contributed by atoms with van der Waals surface area (Å²) in [5, 5.41) is 0. The van der Waals surface area contributed by atoms with Crippen molar-refractivity contribution in [1.82, 2.24) is 0 Å². The highest BCUT2D eigenvalue weighted by molar-refractivity contribution is 7.12. The summed E-state index contributed by atoms with van der Waals surface area (Å²) in [6.07, 6.45) is 28.4. The summed E-state index contributed by atoms with van der Waals surface area (Å²) in [5.41, 5.74) is 1.56. The first kappa shape index (κ1) is 27.7. The Labute approximate surface area is 194 Å². The predicted molar refractivity (Wildman–Crippen MR) is 140 cm³/mol. The van der Waals surface area contributed by atoms with Gasteiger partial charge >= 0.3 is 0 Å². The van der Waals surface area contributed by atoms with Crippen LogP contribution in [-0.4, -0.2) is 0 Å². The van der Waals surface area contributed by atoms with E-state index in [1.165, 1.54) is 128 Å². The first-order chi connectivity index (χ1) is 14.7. The standard InChI is InChI=1S/C29H54S/c1-5-7-9-11-13-14-15-16-17-19-21-23-29-27(4)25-28(30-29)24-26(3)22-20-18-12-10-8-6-2/h25-26H,5-24H2,1-4H3. The lowest BCUT2D eigenvalue weighted by atomic mass is 9.98. The van der Waals surface area contributed by atoms with Crippen molar-refractivity contribution in [1.29, 1.82) is 0 Å². The summed E-state index contributed by atoms with van der Waals surface area (Å²) in [5.74, 6) is 0.851. The van der Waals surface area contributed by atoms with Crippen LogP contribution < -0.4 is 0 Å². The smallest absolute Gasteiger partial charge is 0.00773 e. The first-order valence-corrected chi connectivity index (χ1v) is 14.6. The Balaban J connectivity index is 2.06. The first-order valence-electron chi connectivity index (χ1n) is 13.8. The monoisotopic (exact) mass is 434 g/mol. The van der Waals surface area contributed by atoms with Crippen molar-refractivity contribution in [2.24, 2.45) is 5.92 Å². The van der Waals surface area contributed by atoms with Crippen molar-refractivity contribution in [2.75, 3.05) is 0 Å². The van der Waals surface area contributed by atoms with E-state index in [1.807, 2.05) is 0 Å². The van der Waals surface area contributed by atoms with Crippen LogP contribution in [0.1, 0.15) is 152 Å². The van der Waals surface area contributed by atoms with Gasteiger partial charge in [-0.05, 0) is 43.7 Å². The molecule has 1 heterocycles. The van der Waals surface area contributed by atoms with E-state index >= 15 is 0 Å². The lowest BCUT2D eigenvalue weighted by Crippen LogP contribution is -1.98. The highest BCUT2D eigenvalue weighted by Gasteiger charge is 2.09. The topological polar surface area (TPSA) is 0 Å². The molecule has 0 spiro atoms. The van der Waals surface area contributed by atoms with Crippen molar-refractivity contribution >= 4 is 11.3 Å². The van der Waals surface area contributed by atoms with Crippen LogP contribution in [0.25, 0.3) is 0 Å². The molecule has 0 fully saturated rings. The van der Waals surface area contributed by atoms with Crippen molar-refractivity contribution in [3.8, 4) is 0 Å². The molecule has 0 aliphatic carbocycles. The lowest BCUT2D eigenvalue weighted by Gasteiger charge is -2.09. The van der Waals surface area contributed by atoms with Gasteiger partial charge in [-0.3, -0.25) is 0 Å². The molecule has 0 aliphatic rings. The van der Waals surface area contributed by atoms with Crippen LogP contribution in [0.15, 0.2) is 6.07 Å². The normalized spacial score (nSPS) is 12.5. The zero-order chi connectivity index (χ0) is 21.9. The number of unbranched alkanes of at least 4 members (excludes halogenated alkanes) is 15. The molecule has 0 aliphatic heterocycles. The minimum absolute atomic E-state index is 0.851. The van der Waals surface area contributed by atoms with Gasteiger partial charge in [-0.2, -0.15) is 0 Å². The minimum Gasteiger partial charge on any atom is -0.145 e. The van der Waals surface area contributed by atoms with Crippen LogP contribution >= 0.6 is 11.3 Å². The predicted octanol–water partition coefficient (Wildman–Crippen LogP) is 10.8. The van der Waals surface area contributed by atoms with E-state index in [2.05, 4.69) is 45.1 Å².